The second kappa shape index (κ2) is 7.29. The number of methoxy groups -OCH3 is 1. The van der Waals surface area contributed by atoms with Gasteiger partial charge in [0, 0.05) is 24.0 Å². The molecule has 0 N–H and O–H groups in total. The average molecular weight is 311 g/mol. The highest BCUT2D eigenvalue weighted by atomic mass is 32.2. The molecule has 0 saturated carbocycles. The van der Waals surface area contributed by atoms with Crippen LogP contribution in [-0.4, -0.2) is 24.5 Å². The molecule has 0 fully saturated rings. The van der Waals surface area contributed by atoms with E-state index in [1.165, 1.54) is 0 Å². The van der Waals surface area contributed by atoms with Crippen LogP contribution >= 0.6 is 11.8 Å². The summed E-state index contributed by atoms with van der Waals surface area (Å²) in [6.45, 7) is 0.675. The third kappa shape index (κ3) is 3.40. The van der Waals surface area contributed by atoms with Crippen LogP contribution in [0.3, 0.4) is 0 Å². The molecule has 0 aliphatic carbocycles. The van der Waals surface area contributed by atoms with Crippen LogP contribution in [0.25, 0.3) is 22.6 Å². The maximum Gasteiger partial charge on any atom is 0.256 e. The van der Waals surface area contributed by atoms with Gasteiger partial charge in [0.15, 0.2) is 5.76 Å². The molecule has 112 valence electrons. The second-order valence-electron chi connectivity index (χ2n) is 4.73. The summed E-state index contributed by atoms with van der Waals surface area (Å²) in [6, 6.07) is 20.2. The van der Waals surface area contributed by atoms with Crippen molar-refractivity contribution in [3.63, 3.8) is 0 Å². The number of nitrogens with zero attached hydrogens (tertiary/aromatic N) is 1. The minimum Gasteiger partial charge on any atom is -0.431 e. The van der Waals surface area contributed by atoms with Gasteiger partial charge in [-0.2, -0.15) is 0 Å². The molecule has 0 saturated heterocycles. The first-order valence-electron chi connectivity index (χ1n) is 7.12. The van der Waals surface area contributed by atoms with Gasteiger partial charge in [0.25, 0.3) is 5.22 Å². The molecule has 0 aliphatic heterocycles. The fourth-order valence-electron chi connectivity index (χ4n) is 2.15. The van der Waals surface area contributed by atoms with E-state index in [0.29, 0.717) is 11.8 Å². The Hall–Kier alpha value is -2.04. The van der Waals surface area contributed by atoms with Gasteiger partial charge in [-0.15, -0.1) is 0 Å². The van der Waals surface area contributed by atoms with Gasteiger partial charge in [-0.3, -0.25) is 0 Å². The van der Waals surface area contributed by atoms with E-state index in [0.717, 1.165) is 28.3 Å². The molecule has 0 aliphatic rings. The summed E-state index contributed by atoms with van der Waals surface area (Å²) in [6.07, 6.45) is 0. The zero-order valence-corrected chi connectivity index (χ0v) is 13.2. The van der Waals surface area contributed by atoms with Crippen molar-refractivity contribution in [1.29, 1.82) is 0 Å². The lowest BCUT2D eigenvalue weighted by molar-refractivity contribution is 0.218. The Bertz CT molecular complexity index is 653. The Morgan fingerprint density at radius 1 is 0.955 bits per heavy atom. The van der Waals surface area contributed by atoms with E-state index in [1.807, 2.05) is 60.7 Å². The molecule has 4 heteroatoms. The van der Waals surface area contributed by atoms with Gasteiger partial charge in [0.1, 0.15) is 5.69 Å². The Kier molecular flexibility index (Phi) is 4.93. The van der Waals surface area contributed by atoms with Crippen LogP contribution in [0.5, 0.6) is 0 Å². The van der Waals surface area contributed by atoms with Crippen molar-refractivity contribution in [3.05, 3.63) is 60.7 Å². The summed E-state index contributed by atoms with van der Waals surface area (Å²) in [7, 11) is 1.70. The Balaban J connectivity index is 1.99. The van der Waals surface area contributed by atoms with Crippen LogP contribution < -0.4 is 0 Å². The molecule has 3 rings (SSSR count). The first kappa shape index (κ1) is 14.9. The lowest BCUT2D eigenvalue weighted by Gasteiger charge is -2.00. The van der Waals surface area contributed by atoms with Gasteiger partial charge in [0.2, 0.25) is 0 Å². The van der Waals surface area contributed by atoms with Gasteiger partial charge in [-0.25, -0.2) is 4.98 Å². The Morgan fingerprint density at radius 3 is 2.23 bits per heavy atom. The SMILES string of the molecule is COCCSc1nc(-c2ccccc2)c(-c2ccccc2)o1. The van der Waals surface area contributed by atoms with Crippen molar-refractivity contribution in [1.82, 2.24) is 4.98 Å². The standard InChI is InChI=1S/C18H17NO2S/c1-20-12-13-22-18-19-16(14-8-4-2-5-9-14)17(21-18)15-10-6-3-7-11-15/h2-11H,12-13H2,1H3. The van der Waals surface area contributed by atoms with Gasteiger partial charge in [-0.1, -0.05) is 72.4 Å². The zero-order chi connectivity index (χ0) is 15.2. The highest BCUT2D eigenvalue weighted by Gasteiger charge is 2.16. The van der Waals surface area contributed by atoms with Crippen molar-refractivity contribution in [2.45, 2.75) is 5.22 Å². The number of hydrogen-bond acceptors (Lipinski definition) is 4. The van der Waals surface area contributed by atoms with E-state index >= 15 is 0 Å². The predicted molar refractivity (Wildman–Crippen MR) is 90.0 cm³/mol. The molecule has 3 aromatic rings. The zero-order valence-electron chi connectivity index (χ0n) is 12.4. The molecule has 0 radical (unpaired) electrons. The summed E-state index contributed by atoms with van der Waals surface area (Å²) in [4.78, 5) is 4.67. The fraction of sp³-hybridized carbons (Fsp3) is 0.167. The van der Waals surface area contributed by atoms with Crippen molar-refractivity contribution in [2.24, 2.45) is 0 Å². The molecule has 1 aromatic heterocycles. The van der Waals surface area contributed by atoms with Crippen molar-refractivity contribution < 1.29 is 9.15 Å². The summed E-state index contributed by atoms with van der Waals surface area (Å²) in [5, 5.41) is 0.676. The van der Waals surface area contributed by atoms with Gasteiger partial charge < -0.3 is 9.15 Å². The molecule has 0 unspecified atom stereocenters. The smallest absolute Gasteiger partial charge is 0.256 e. The topological polar surface area (TPSA) is 35.3 Å². The number of ether oxygens (including phenoxy) is 1. The largest absolute Gasteiger partial charge is 0.431 e. The molecule has 0 atom stereocenters. The number of thioether (sulfide) groups is 1. The maximum absolute atomic E-state index is 6.00. The summed E-state index contributed by atoms with van der Waals surface area (Å²) < 4.78 is 11.1. The molecule has 0 amide bonds. The minimum atomic E-state index is 0.675. The maximum atomic E-state index is 6.00. The lowest BCUT2D eigenvalue weighted by Crippen LogP contribution is -1.90. The third-order valence-electron chi connectivity index (χ3n) is 3.20. The highest BCUT2D eigenvalue weighted by molar-refractivity contribution is 7.99. The van der Waals surface area contributed by atoms with Gasteiger partial charge in [0.05, 0.1) is 6.61 Å². The van der Waals surface area contributed by atoms with E-state index in [9.17, 15) is 0 Å². The second-order valence-corrected chi connectivity index (χ2v) is 5.78. The normalized spacial score (nSPS) is 10.8. The van der Waals surface area contributed by atoms with Crippen LogP contribution in [-0.2, 0) is 4.74 Å². The monoisotopic (exact) mass is 311 g/mol. The van der Waals surface area contributed by atoms with Gasteiger partial charge in [-0.05, 0) is 0 Å². The number of hydrogen-bond donors (Lipinski definition) is 0. The third-order valence-corrected chi connectivity index (χ3v) is 4.00. The number of aromatic nitrogens is 1. The summed E-state index contributed by atoms with van der Waals surface area (Å²) in [5.41, 5.74) is 2.97. The molecule has 1 heterocycles. The van der Waals surface area contributed by atoms with Crippen LogP contribution in [0.4, 0.5) is 0 Å². The molecular formula is C18H17NO2S. The number of oxazole rings is 1. The number of benzene rings is 2. The van der Waals surface area contributed by atoms with Crippen LogP contribution in [0.15, 0.2) is 70.3 Å². The van der Waals surface area contributed by atoms with Gasteiger partial charge >= 0.3 is 0 Å². The molecular weight excluding hydrogens is 294 g/mol. The first-order chi connectivity index (χ1) is 10.9. The van der Waals surface area contributed by atoms with Crippen molar-refractivity contribution in [2.75, 3.05) is 19.5 Å². The van der Waals surface area contributed by atoms with Crippen molar-refractivity contribution >= 4 is 11.8 Å². The average Bonchev–Trinajstić information content (AvgIpc) is 3.01. The van der Waals surface area contributed by atoms with Crippen LogP contribution in [0, 0.1) is 0 Å². The van der Waals surface area contributed by atoms with E-state index in [2.05, 4.69) is 4.98 Å². The highest BCUT2D eigenvalue weighted by Crippen LogP contribution is 2.35. The van der Waals surface area contributed by atoms with E-state index < -0.39 is 0 Å². The van der Waals surface area contributed by atoms with Crippen LogP contribution in [0.2, 0.25) is 0 Å². The van der Waals surface area contributed by atoms with E-state index in [1.54, 1.807) is 18.9 Å². The molecule has 3 nitrogen and oxygen atoms in total. The minimum absolute atomic E-state index is 0.675. The lowest BCUT2D eigenvalue weighted by atomic mass is 10.1. The summed E-state index contributed by atoms with van der Waals surface area (Å²) >= 11 is 1.57. The molecule has 22 heavy (non-hydrogen) atoms. The Morgan fingerprint density at radius 2 is 1.59 bits per heavy atom. The Labute approximate surface area is 134 Å². The molecule has 0 bridgehead atoms. The molecule has 2 aromatic carbocycles. The van der Waals surface area contributed by atoms with E-state index in [4.69, 9.17) is 9.15 Å². The van der Waals surface area contributed by atoms with E-state index in [-0.39, 0.29) is 0 Å². The summed E-state index contributed by atoms with van der Waals surface area (Å²) in [5.74, 6) is 1.63. The van der Waals surface area contributed by atoms with Crippen LogP contribution in [0.1, 0.15) is 0 Å². The molecule has 0 spiro atoms. The first-order valence-corrected chi connectivity index (χ1v) is 8.10. The fourth-order valence-corrected chi connectivity index (χ4v) is 2.87. The predicted octanol–water partition coefficient (Wildman–Crippen LogP) is 4.75. The quantitative estimate of drug-likeness (QED) is 0.486. The number of rotatable bonds is 6. The van der Waals surface area contributed by atoms with Crippen molar-refractivity contribution in [3.8, 4) is 22.6 Å².